The lowest BCUT2D eigenvalue weighted by Crippen LogP contribution is -2.28. The molecule has 2 rings (SSSR count). The van der Waals surface area contributed by atoms with Crippen LogP contribution in [0.25, 0.3) is 0 Å². The smallest absolute Gasteiger partial charge is 0.306 e. The standard InChI is InChI=1S/C23H28F3N/c1-16(2)13-22(14-18(4)20-9-5-17(3)6-10-20)27-15-19-7-11-21(12-8-19)23(24,25)26/h5-13,18,22,27H,14-15H2,1-4H3/t18-,22?/m0/s1. The number of nitrogens with one attached hydrogen (secondary N) is 1. The highest BCUT2D eigenvalue weighted by atomic mass is 19.4. The molecule has 27 heavy (non-hydrogen) atoms. The van der Waals surface area contributed by atoms with Crippen LogP contribution in [0.5, 0.6) is 0 Å². The summed E-state index contributed by atoms with van der Waals surface area (Å²) in [5.74, 6) is 0.381. The Morgan fingerprint density at radius 3 is 2.11 bits per heavy atom. The number of aryl methyl sites for hydroxylation is 1. The Morgan fingerprint density at radius 1 is 1.00 bits per heavy atom. The van der Waals surface area contributed by atoms with Crippen LogP contribution in [-0.4, -0.2) is 6.04 Å². The molecule has 0 radical (unpaired) electrons. The van der Waals surface area contributed by atoms with Crippen molar-refractivity contribution >= 4 is 0 Å². The first kappa shape index (κ1) is 21.2. The first-order valence-corrected chi connectivity index (χ1v) is 9.26. The van der Waals surface area contributed by atoms with Gasteiger partial charge in [0.2, 0.25) is 0 Å². The maximum Gasteiger partial charge on any atom is 0.416 e. The molecule has 2 aromatic rings. The van der Waals surface area contributed by atoms with Gasteiger partial charge in [-0.05, 0) is 56.4 Å². The molecule has 1 unspecified atom stereocenters. The minimum Gasteiger partial charge on any atom is -0.306 e. The normalized spacial score (nSPS) is 13.9. The Kier molecular flexibility index (Phi) is 7.25. The summed E-state index contributed by atoms with van der Waals surface area (Å²) in [7, 11) is 0. The minimum atomic E-state index is -4.29. The summed E-state index contributed by atoms with van der Waals surface area (Å²) >= 11 is 0. The zero-order valence-electron chi connectivity index (χ0n) is 16.4. The van der Waals surface area contributed by atoms with Crippen LogP contribution in [0.1, 0.15) is 55.4 Å². The molecule has 0 saturated heterocycles. The fourth-order valence-electron chi connectivity index (χ4n) is 3.09. The number of hydrogen-bond donors (Lipinski definition) is 1. The Hall–Kier alpha value is -2.07. The predicted molar refractivity (Wildman–Crippen MR) is 106 cm³/mol. The molecule has 0 aliphatic carbocycles. The molecule has 0 heterocycles. The molecule has 0 aliphatic heterocycles. The number of allylic oxidation sites excluding steroid dienone is 1. The molecular formula is C23H28F3N. The molecule has 0 fully saturated rings. The summed E-state index contributed by atoms with van der Waals surface area (Å²) in [6.07, 6.45) is -1.18. The Bertz CT molecular complexity index is 739. The van der Waals surface area contributed by atoms with Crippen LogP contribution in [-0.2, 0) is 12.7 Å². The average molecular weight is 375 g/mol. The summed E-state index contributed by atoms with van der Waals surface area (Å²) in [5.41, 5.74) is 3.99. The second-order valence-electron chi connectivity index (χ2n) is 7.47. The Morgan fingerprint density at radius 2 is 1.59 bits per heavy atom. The minimum absolute atomic E-state index is 0.161. The van der Waals surface area contributed by atoms with E-state index in [4.69, 9.17) is 0 Å². The average Bonchev–Trinajstić information content (AvgIpc) is 2.59. The van der Waals surface area contributed by atoms with Gasteiger partial charge in [-0.15, -0.1) is 0 Å². The number of alkyl halides is 3. The van der Waals surface area contributed by atoms with Crippen molar-refractivity contribution in [2.75, 3.05) is 0 Å². The van der Waals surface area contributed by atoms with Crippen LogP contribution >= 0.6 is 0 Å². The zero-order chi connectivity index (χ0) is 20.0. The van der Waals surface area contributed by atoms with E-state index in [1.54, 1.807) is 12.1 Å². The van der Waals surface area contributed by atoms with Crippen molar-refractivity contribution in [3.8, 4) is 0 Å². The largest absolute Gasteiger partial charge is 0.416 e. The van der Waals surface area contributed by atoms with Gasteiger partial charge in [-0.2, -0.15) is 13.2 Å². The van der Waals surface area contributed by atoms with Crippen molar-refractivity contribution in [1.29, 1.82) is 0 Å². The molecule has 0 saturated carbocycles. The van der Waals surface area contributed by atoms with E-state index >= 15 is 0 Å². The van der Waals surface area contributed by atoms with Crippen LogP contribution in [0.15, 0.2) is 60.2 Å². The highest BCUT2D eigenvalue weighted by Crippen LogP contribution is 2.29. The van der Waals surface area contributed by atoms with Crippen molar-refractivity contribution in [2.24, 2.45) is 0 Å². The third-order valence-electron chi connectivity index (χ3n) is 4.64. The highest BCUT2D eigenvalue weighted by Gasteiger charge is 2.29. The summed E-state index contributed by atoms with van der Waals surface area (Å²) < 4.78 is 38.0. The summed E-state index contributed by atoms with van der Waals surface area (Å²) in [6, 6.07) is 14.1. The first-order valence-electron chi connectivity index (χ1n) is 9.26. The van der Waals surface area contributed by atoms with Crippen molar-refractivity contribution in [2.45, 2.75) is 58.8 Å². The molecule has 1 nitrogen and oxygen atoms in total. The van der Waals surface area contributed by atoms with E-state index in [9.17, 15) is 13.2 Å². The molecule has 0 aromatic heterocycles. The maximum absolute atomic E-state index is 12.7. The molecule has 4 heteroatoms. The lowest BCUT2D eigenvalue weighted by atomic mass is 9.92. The molecule has 0 aliphatic rings. The van der Waals surface area contributed by atoms with Gasteiger partial charge in [0, 0.05) is 12.6 Å². The van der Waals surface area contributed by atoms with Crippen molar-refractivity contribution in [3.05, 3.63) is 82.4 Å². The third-order valence-corrected chi connectivity index (χ3v) is 4.64. The fraction of sp³-hybridized carbons (Fsp3) is 0.391. The van der Waals surface area contributed by atoms with Gasteiger partial charge < -0.3 is 5.32 Å². The zero-order valence-corrected chi connectivity index (χ0v) is 16.4. The van der Waals surface area contributed by atoms with Crippen molar-refractivity contribution < 1.29 is 13.2 Å². The lowest BCUT2D eigenvalue weighted by molar-refractivity contribution is -0.137. The van der Waals surface area contributed by atoms with E-state index in [1.807, 2.05) is 0 Å². The fourth-order valence-corrected chi connectivity index (χ4v) is 3.09. The number of halogens is 3. The Balaban J connectivity index is 2.02. The van der Waals surface area contributed by atoms with Crippen LogP contribution in [0.3, 0.4) is 0 Å². The second kappa shape index (κ2) is 9.23. The summed E-state index contributed by atoms with van der Waals surface area (Å²) in [5, 5.41) is 3.48. The molecule has 2 atom stereocenters. The van der Waals surface area contributed by atoms with Gasteiger partial charge in [0.25, 0.3) is 0 Å². The van der Waals surface area contributed by atoms with E-state index in [-0.39, 0.29) is 6.04 Å². The van der Waals surface area contributed by atoms with Gasteiger partial charge in [0.1, 0.15) is 0 Å². The number of benzene rings is 2. The van der Waals surface area contributed by atoms with Crippen LogP contribution in [0, 0.1) is 6.92 Å². The van der Waals surface area contributed by atoms with E-state index in [0.717, 1.165) is 24.1 Å². The van der Waals surface area contributed by atoms with E-state index in [2.05, 4.69) is 63.4 Å². The molecule has 1 N–H and O–H groups in total. The van der Waals surface area contributed by atoms with Crippen LogP contribution < -0.4 is 5.32 Å². The molecule has 2 aromatic carbocycles. The van der Waals surface area contributed by atoms with E-state index in [1.165, 1.54) is 16.7 Å². The molecule has 0 bridgehead atoms. The molecule has 0 amide bonds. The van der Waals surface area contributed by atoms with Gasteiger partial charge in [0.05, 0.1) is 5.56 Å². The van der Waals surface area contributed by atoms with E-state index < -0.39 is 11.7 Å². The quantitative estimate of drug-likeness (QED) is 0.535. The van der Waals surface area contributed by atoms with Crippen molar-refractivity contribution in [1.82, 2.24) is 5.32 Å². The summed E-state index contributed by atoms with van der Waals surface area (Å²) in [6.45, 7) is 8.93. The van der Waals surface area contributed by atoms with Crippen molar-refractivity contribution in [3.63, 3.8) is 0 Å². The van der Waals surface area contributed by atoms with Gasteiger partial charge in [-0.1, -0.05) is 60.5 Å². The van der Waals surface area contributed by atoms with Gasteiger partial charge in [0.15, 0.2) is 0 Å². The topological polar surface area (TPSA) is 12.0 Å². The lowest BCUT2D eigenvalue weighted by Gasteiger charge is -2.21. The van der Waals surface area contributed by atoms with E-state index in [0.29, 0.717) is 12.5 Å². The van der Waals surface area contributed by atoms with Crippen LogP contribution in [0.4, 0.5) is 13.2 Å². The number of rotatable bonds is 7. The molecule has 0 spiro atoms. The SMILES string of the molecule is CC(C)=CC(C[C@H](C)c1ccc(C)cc1)NCc1ccc(C(F)(F)F)cc1. The Labute approximate surface area is 160 Å². The monoisotopic (exact) mass is 375 g/mol. The highest BCUT2D eigenvalue weighted by molar-refractivity contribution is 5.26. The second-order valence-corrected chi connectivity index (χ2v) is 7.47. The third kappa shape index (κ3) is 6.87. The first-order chi connectivity index (χ1) is 12.6. The van der Waals surface area contributed by atoms with Gasteiger partial charge in [-0.25, -0.2) is 0 Å². The maximum atomic E-state index is 12.7. The molecular weight excluding hydrogens is 347 g/mol. The molecule has 146 valence electrons. The van der Waals surface area contributed by atoms with Gasteiger partial charge >= 0.3 is 6.18 Å². The number of hydrogen-bond acceptors (Lipinski definition) is 1. The van der Waals surface area contributed by atoms with Gasteiger partial charge in [-0.3, -0.25) is 0 Å². The van der Waals surface area contributed by atoms with Crippen LogP contribution in [0.2, 0.25) is 0 Å². The predicted octanol–water partition coefficient (Wildman–Crippen LogP) is 6.63. The summed E-state index contributed by atoms with van der Waals surface area (Å²) in [4.78, 5) is 0.